The lowest BCUT2D eigenvalue weighted by molar-refractivity contribution is -0.0328. The minimum atomic E-state index is -4.35. The Bertz CT molecular complexity index is 983. The maximum atomic E-state index is 12.4. The standard InChI is InChI=1S/C21H20F3N3OS/c1-14-19(15(2)27(26-14)13-16-6-4-3-5-7-16)12-25-20(28)17-8-10-18(11-9-17)29-21(22,23)24/h3-11H,12-13H2,1-2H3,(H,25,28). The van der Waals surface area contributed by atoms with Crippen molar-refractivity contribution in [3.8, 4) is 0 Å². The van der Waals surface area contributed by atoms with Crippen LogP contribution in [-0.2, 0) is 13.1 Å². The zero-order valence-electron chi connectivity index (χ0n) is 16.0. The summed E-state index contributed by atoms with van der Waals surface area (Å²) in [6, 6.07) is 15.3. The summed E-state index contributed by atoms with van der Waals surface area (Å²) < 4.78 is 39.1. The largest absolute Gasteiger partial charge is 0.446 e. The smallest absolute Gasteiger partial charge is 0.348 e. The molecular weight excluding hydrogens is 399 g/mol. The van der Waals surface area contributed by atoms with Crippen molar-refractivity contribution in [2.75, 3.05) is 0 Å². The molecule has 0 bridgehead atoms. The van der Waals surface area contributed by atoms with Gasteiger partial charge in [-0.1, -0.05) is 30.3 Å². The number of rotatable bonds is 6. The lowest BCUT2D eigenvalue weighted by Crippen LogP contribution is -2.23. The van der Waals surface area contributed by atoms with Gasteiger partial charge >= 0.3 is 5.51 Å². The topological polar surface area (TPSA) is 46.9 Å². The fraction of sp³-hybridized carbons (Fsp3) is 0.238. The van der Waals surface area contributed by atoms with Crippen LogP contribution in [0.3, 0.4) is 0 Å². The number of amides is 1. The van der Waals surface area contributed by atoms with Crippen LogP contribution in [0.25, 0.3) is 0 Å². The van der Waals surface area contributed by atoms with Gasteiger partial charge in [0.25, 0.3) is 5.91 Å². The lowest BCUT2D eigenvalue weighted by Gasteiger charge is -2.09. The molecular formula is C21H20F3N3OS. The summed E-state index contributed by atoms with van der Waals surface area (Å²) >= 11 is -0.204. The molecule has 0 saturated carbocycles. The highest BCUT2D eigenvalue weighted by Crippen LogP contribution is 2.36. The van der Waals surface area contributed by atoms with Crippen LogP contribution < -0.4 is 5.32 Å². The summed E-state index contributed by atoms with van der Waals surface area (Å²) in [5.41, 5.74) is -0.189. The maximum Gasteiger partial charge on any atom is 0.446 e. The van der Waals surface area contributed by atoms with Crippen LogP contribution in [0.5, 0.6) is 0 Å². The molecule has 0 aliphatic heterocycles. The minimum Gasteiger partial charge on any atom is -0.348 e. The summed E-state index contributed by atoms with van der Waals surface area (Å²) in [6.45, 7) is 4.77. The predicted molar refractivity (Wildman–Crippen MR) is 107 cm³/mol. The van der Waals surface area contributed by atoms with Crippen molar-refractivity contribution in [1.82, 2.24) is 15.1 Å². The summed E-state index contributed by atoms with van der Waals surface area (Å²) in [4.78, 5) is 12.4. The van der Waals surface area contributed by atoms with E-state index >= 15 is 0 Å². The number of halogens is 3. The van der Waals surface area contributed by atoms with Gasteiger partial charge in [0.2, 0.25) is 0 Å². The second kappa shape index (κ2) is 8.73. The Morgan fingerprint density at radius 1 is 1.07 bits per heavy atom. The van der Waals surface area contributed by atoms with Gasteiger partial charge < -0.3 is 5.32 Å². The third kappa shape index (κ3) is 5.63. The van der Waals surface area contributed by atoms with Crippen LogP contribution in [0, 0.1) is 13.8 Å². The number of thioether (sulfide) groups is 1. The highest BCUT2D eigenvalue weighted by atomic mass is 32.2. The van der Waals surface area contributed by atoms with E-state index in [2.05, 4.69) is 10.4 Å². The van der Waals surface area contributed by atoms with E-state index in [-0.39, 0.29) is 22.6 Å². The highest BCUT2D eigenvalue weighted by Gasteiger charge is 2.29. The Kier molecular flexibility index (Phi) is 6.32. The zero-order chi connectivity index (χ0) is 21.0. The highest BCUT2D eigenvalue weighted by molar-refractivity contribution is 8.00. The molecule has 0 aliphatic carbocycles. The molecule has 152 valence electrons. The van der Waals surface area contributed by atoms with E-state index in [1.165, 1.54) is 24.3 Å². The van der Waals surface area contributed by atoms with E-state index in [1.54, 1.807) is 0 Å². The van der Waals surface area contributed by atoms with Crippen molar-refractivity contribution in [3.63, 3.8) is 0 Å². The second-order valence-electron chi connectivity index (χ2n) is 6.55. The van der Waals surface area contributed by atoms with E-state index in [0.717, 1.165) is 22.5 Å². The molecule has 29 heavy (non-hydrogen) atoms. The lowest BCUT2D eigenvalue weighted by atomic mass is 10.1. The molecule has 1 aromatic heterocycles. The van der Waals surface area contributed by atoms with E-state index < -0.39 is 5.51 Å². The Morgan fingerprint density at radius 2 is 1.72 bits per heavy atom. The van der Waals surface area contributed by atoms with Gasteiger partial charge in [0, 0.05) is 28.3 Å². The molecule has 1 amide bonds. The second-order valence-corrected chi connectivity index (χ2v) is 7.69. The number of hydrogen-bond donors (Lipinski definition) is 1. The number of nitrogens with one attached hydrogen (secondary N) is 1. The fourth-order valence-electron chi connectivity index (χ4n) is 2.98. The summed E-state index contributed by atoms with van der Waals surface area (Å²) in [6.07, 6.45) is 0. The summed E-state index contributed by atoms with van der Waals surface area (Å²) in [5, 5.41) is 7.38. The van der Waals surface area contributed by atoms with Crippen molar-refractivity contribution < 1.29 is 18.0 Å². The van der Waals surface area contributed by atoms with Gasteiger partial charge in [0.15, 0.2) is 0 Å². The molecule has 8 heteroatoms. The first-order valence-electron chi connectivity index (χ1n) is 8.94. The maximum absolute atomic E-state index is 12.4. The SMILES string of the molecule is Cc1nn(Cc2ccccc2)c(C)c1CNC(=O)c1ccc(SC(F)(F)F)cc1. The molecule has 0 radical (unpaired) electrons. The summed E-state index contributed by atoms with van der Waals surface area (Å²) in [5.74, 6) is -0.344. The van der Waals surface area contributed by atoms with Gasteiger partial charge in [0.05, 0.1) is 12.2 Å². The van der Waals surface area contributed by atoms with Crippen LogP contribution in [-0.4, -0.2) is 21.2 Å². The number of hydrogen-bond acceptors (Lipinski definition) is 3. The minimum absolute atomic E-state index is 0.0444. The average Bonchev–Trinajstić information content (AvgIpc) is 2.93. The normalized spacial score (nSPS) is 11.5. The quantitative estimate of drug-likeness (QED) is 0.566. The monoisotopic (exact) mass is 419 g/mol. The number of carbonyl (C=O) groups excluding carboxylic acids is 1. The molecule has 1 heterocycles. The Morgan fingerprint density at radius 3 is 2.34 bits per heavy atom. The van der Waals surface area contributed by atoms with Crippen molar-refractivity contribution in [1.29, 1.82) is 0 Å². The van der Waals surface area contributed by atoms with Crippen molar-refractivity contribution >= 4 is 17.7 Å². The van der Waals surface area contributed by atoms with Gasteiger partial charge in [-0.2, -0.15) is 18.3 Å². The van der Waals surface area contributed by atoms with E-state index in [0.29, 0.717) is 18.7 Å². The van der Waals surface area contributed by atoms with E-state index in [9.17, 15) is 18.0 Å². The Balaban J connectivity index is 1.64. The molecule has 0 spiro atoms. The molecule has 0 fully saturated rings. The van der Waals surface area contributed by atoms with Crippen LogP contribution in [0.15, 0.2) is 59.5 Å². The number of aromatic nitrogens is 2. The molecule has 3 rings (SSSR count). The average molecular weight is 419 g/mol. The van der Waals surface area contributed by atoms with Crippen molar-refractivity contribution in [3.05, 3.63) is 82.7 Å². The summed E-state index contributed by atoms with van der Waals surface area (Å²) in [7, 11) is 0. The first kappa shape index (κ1) is 21.0. The van der Waals surface area contributed by atoms with Gasteiger partial charge in [-0.25, -0.2) is 0 Å². The first-order valence-corrected chi connectivity index (χ1v) is 9.75. The van der Waals surface area contributed by atoms with Gasteiger partial charge in [0.1, 0.15) is 0 Å². The van der Waals surface area contributed by atoms with Crippen LogP contribution in [0.1, 0.15) is 32.9 Å². The third-order valence-corrected chi connectivity index (χ3v) is 5.22. The molecule has 3 aromatic rings. The number of benzene rings is 2. The fourth-order valence-corrected chi connectivity index (χ4v) is 3.52. The Hall–Kier alpha value is -2.74. The van der Waals surface area contributed by atoms with Crippen molar-refractivity contribution in [2.24, 2.45) is 0 Å². The Labute approximate surface area is 171 Å². The molecule has 4 nitrogen and oxygen atoms in total. The third-order valence-electron chi connectivity index (χ3n) is 4.48. The number of alkyl halides is 3. The van der Waals surface area contributed by atoms with Gasteiger partial charge in [-0.3, -0.25) is 9.48 Å². The molecule has 1 N–H and O–H groups in total. The zero-order valence-corrected chi connectivity index (χ0v) is 16.8. The number of nitrogens with zero attached hydrogens (tertiary/aromatic N) is 2. The first-order chi connectivity index (χ1) is 13.7. The molecule has 0 unspecified atom stereocenters. The van der Waals surface area contributed by atoms with Crippen LogP contribution in [0.4, 0.5) is 13.2 Å². The number of aryl methyl sites for hydroxylation is 1. The number of carbonyl (C=O) groups is 1. The molecule has 0 saturated heterocycles. The van der Waals surface area contributed by atoms with Crippen molar-refractivity contribution in [2.45, 2.75) is 37.3 Å². The molecule has 2 aromatic carbocycles. The molecule has 0 aliphatic rings. The predicted octanol–water partition coefficient (Wildman–Crippen LogP) is 5.09. The van der Waals surface area contributed by atoms with Crippen LogP contribution in [0.2, 0.25) is 0 Å². The molecule has 0 atom stereocenters. The van der Waals surface area contributed by atoms with Gasteiger partial charge in [-0.05, 0) is 55.4 Å². The van der Waals surface area contributed by atoms with E-state index in [4.69, 9.17) is 0 Å². The van der Waals surface area contributed by atoms with E-state index in [1.807, 2.05) is 48.9 Å². The van der Waals surface area contributed by atoms with Gasteiger partial charge in [-0.15, -0.1) is 0 Å². The van der Waals surface area contributed by atoms with Crippen LogP contribution >= 0.6 is 11.8 Å².